The number of anilines is 2. The summed E-state index contributed by atoms with van der Waals surface area (Å²) in [5.41, 5.74) is 0.815. The molecule has 1 saturated heterocycles. The van der Waals surface area contributed by atoms with E-state index in [1.54, 1.807) is 6.20 Å². The first-order valence-electron chi connectivity index (χ1n) is 7.74. The van der Waals surface area contributed by atoms with Crippen molar-refractivity contribution in [2.24, 2.45) is 11.8 Å². The number of amides is 1. The van der Waals surface area contributed by atoms with Gasteiger partial charge in [0.25, 0.3) is 0 Å². The standard InChI is InChI=1S/C16H23N3O/c1-12-4-3-9-19(11-12)15-8-7-14(10-17-15)18-16(20)13-5-2-6-13/h7-8,10,12-13H,2-6,9,11H2,1H3,(H,18,20). The minimum absolute atomic E-state index is 0.150. The molecule has 1 unspecified atom stereocenters. The highest BCUT2D eigenvalue weighted by Crippen LogP contribution is 2.28. The molecule has 1 aromatic heterocycles. The van der Waals surface area contributed by atoms with E-state index in [2.05, 4.69) is 22.1 Å². The molecule has 1 atom stereocenters. The predicted octanol–water partition coefficient (Wildman–Crippen LogP) is 3.06. The number of piperidine rings is 1. The Morgan fingerprint density at radius 3 is 2.75 bits per heavy atom. The molecule has 0 spiro atoms. The Hall–Kier alpha value is -1.58. The molecule has 0 radical (unpaired) electrons. The monoisotopic (exact) mass is 273 g/mol. The number of nitrogens with one attached hydrogen (secondary N) is 1. The molecule has 0 bridgehead atoms. The average molecular weight is 273 g/mol. The van der Waals surface area contributed by atoms with Gasteiger partial charge in [-0.3, -0.25) is 4.79 Å². The first kappa shape index (κ1) is 13.4. The lowest BCUT2D eigenvalue weighted by Crippen LogP contribution is -2.34. The normalized spacial score (nSPS) is 23.2. The highest BCUT2D eigenvalue weighted by Gasteiger charge is 2.25. The number of hydrogen-bond acceptors (Lipinski definition) is 3. The van der Waals surface area contributed by atoms with Gasteiger partial charge in [-0.1, -0.05) is 13.3 Å². The SMILES string of the molecule is CC1CCCN(c2ccc(NC(=O)C3CCC3)cn2)C1. The molecule has 108 valence electrons. The molecule has 2 heterocycles. The molecule has 2 fully saturated rings. The Balaban J connectivity index is 1.60. The van der Waals surface area contributed by atoms with Crippen LogP contribution in [0.25, 0.3) is 0 Å². The lowest BCUT2D eigenvalue weighted by molar-refractivity contribution is -0.122. The number of aromatic nitrogens is 1. The molecule has 1 amide bonds. The number of rotatable bonds is 3. The largest absolute Gasteiger partial charge is 0.356 e. The van der Waals surface area contributed by atoms with Crippen LogP contribution in [0.1, 0.15) is 39.0 Å². The van der Waals surface area contributed by atoms with Crippen LogP contribution in [0.15, 0.2) is 18.3 Å². The third-order valence-electron chi connectivity index (χ3n) is 4.47. The minimum atomic E-state index is 0.150. The van der Waals surface area contributed by atoms with Crippen molar-refractivity contribution in [2.75, 3.05) is 23.3 Å². The summed E-state index contributed by atoms with van der Waals surface area (Å²) in [6, 6.07) is 3.99. The molecule has 1 saturated carbocycles. The molecule has 1 aromatic rings. The number of pyridine rings is 1. The Bertz CT molecular complexity index is 467. The highest BCUT2D eigenvalue weighted by atomic mass is 16.1. The average Bonchev–Trinajstić information content (AvgIpc) is 2.37. The first-order chi connectivity index (χ1) is 9.72. The van der Waals surface area contributed by atoms with Gasteiger partial charge in [-0.25, -0.2) is 4.98 Å². The van der Waals surface area contributed by atoms with Crippen molar-refractivity contribution < 1.29 is 4.79 Å². The maximum absolute atomic E-state index is 11.9. The zero-order valence-corrected chi connectivity index (χ0v) is 12.1. The number of nitrogens with zero attached hydrogens (tertiary/aromatic N) is 2. The van der Waals surface area contributed by atoms with Gasteiger partial charge >= 0.3 is 0 Å². The van der Waals surface area contributed by atoms with Gasteiger partial charge in [0.05, 0.1) is 11.9 Å². The minimum Gasteiger partial charge on any atom is -0.356 e. The Labute approximate surface area is 120 Å². The highest BCUT2D eigenvalue weighted by molar-refractivity contribution is 5.92. The summed E-state index contributed by atoms with van der Waals surface area (Å²) in [5, 5.41) is 2.96. The van der Waals surface area contributed by atoms with Crippen molar-refractivity contribution >= 4 is 17.4 Å². The summed E-state index contributed by atoms with van der Waals surface area (Å²) in [4.78, 5) is 18.7. The number of carbonyl (C=O) groups excluding carboxylic acids is 1. The maximum atomic E-state index is 11.9. The molecule has 2 aliphatic rings. The maximum Gasteiger partial charge on any atom is 0.227 e. The fourth-order valence-corrected chi connectivity index (χ4v) is 2.96. The van der Waals surface area contributed by atoms with E-state index < -0.39 is 0 Å². The van der Waals surface area contributed by atoms with E-state index in [1.165, 1.54) is 19.3 Å². The topological polar surface area (TPSA) is 45.2 Å². The quantitative estimate of drug-likeness (QED) is 0.920. The van der Waals surface area contributed by atoms with Crippen LogP contribution in [0, 0.1) is 11.8 Å². The summed E-state index contributed by atoms with van der Waals surface area (Å²) in [7, 11) is 0. The molecule has 4 heteroatoms. The molecule has 1 aliphatic heterocycles. The molecule has 20 heavy (non-hydrogen) atoms. The second kappa shape index (κ2) is 5.81. The fraction of sp³-hybridized carbons (Fsp3) is 0.625. The van der Waals surface area contributed by atoms with E-state index in [4.69, 9.17) is 0 Å². The molecular formula is C16H23N3O. The van der Waals surface area contributed by atoms with E-state index in [1.807, 2.05) is 12.1 Å². The number of carbonyl (C=O) groups is 1. The van der Waals surface area contributed by atoms with E-state index in [9.17, 15) is 4.79 Å². The lowest BCUT2D eigenvalue weighted by Gasteiger charge is -2.31. The molecule has 1 aliphatic carbocycles. The van der Waals surface area contributed by atoms with Crippen molar-refractivity contribution in [1.29, 1.82) is 0 Å². The van der Waals surface area contributed by atoms with Gasteiger partial charge in [-0.05, 0) is 43.7 Å². The van der Waals surface area contributed by atoms with Crippen molar-refractivity contribution in [3.63, 3.8) is 0 Å². The molecular weight excluding hydrogens is 250 g/mol. The van der Waals surface area contributed by atoms with Crippen LogP contribution in [0.4, 0.5) is 11.5 Å². The second-order valence-corrected chi connectivity index (χ2v) is 6.22. The zero-order chi connectivity index (χ0) is 13.9. The summed E-state index contributed by atoms with van der Waals surface area (Å²) in [6.45, 7) is 4.46. The van der Waals surface area contributed by atoms with E-state index in [0.29, 0.717) is 0 Å². The summed E-state index contributed by atoms with van der Waals surface area (Å²) < 4.78 is 0. The summed E-state index contributed by atoms with van der Waals surface area (Å²) >= 11 is 0. The van der Waals surface area contributed by atoms with Crippen molar-refractivity contribution in [2.45, 2.75) is 39.0 Å². The molecule has 4 nitrogen and oxygen atoms in total. The van der Waals surface area contributed by atoms with Crippen molar-refractivity contribution in [3.05, 3.63) is 18.3 Å². The summed E-state index contributed by atoms with van der Waals surface area (Å²) in [5.74, 6) is 2.14. The predicted molar refractivity (Wildman–Crippen MR) is 80.8 cm³/mol. The summed E-state index contributed by atoms with van der Waals surface area (Å²) in [6.07, 6.45) is 7.58. The van der Waals surface area contributed by atoms with E-state index in [-0.39, 0.29) is 11.8 Å². The van der Waals surface area contributed by atoms with Crippen LogP contribution >= 0.6 is 0 Å². The lowest BCUT2D eigenvalue weighted by atomic mass is 9.85. The van der Waals surface area contributed by atoms with Crippen LogP contribution in [0.2, 0.25) is 0 Å². The third-order valence-corrected chi connectivity index (χ3v) is 4.47. The van der Waals surface area contributed by atoms with Gasteiger partial charge in [-0.15, -0.1) is 0 Å². The molecule has 1 N–H and O–H groups in total. The fourth-order valence-electron chi connectivity index (χ4n) is 2.96. The van der Waals surface area contributed by atoms with Gasteiger partial charge < -0.3 is 10.2 Å². The Morgan fingerprint density at radius 1 is 1.30 bits per heavy atom. The smallest absolute Gasteiger partial charge is 0.227 e. The zero-order valence-electron chi connectivity index (χ0n) is 12.1. The molecule has 3 rings (SSSR count). The van der Waals surface area contributed by atoms with Gasteiger partial charge in [0.1, 0.15) is 5.82 Å². The van der Waals surface area contributed by atoms with Crippen LogP contribution in [0.3, 0.4) is 0 Å². The van der Waals surface area contributed by atoms with Crippen LogP contribution in [-0.2, 0) is 4.79 Å². The second-order valence-electron chi connectivity index (χ2n) is 6.22. The van der Waals surface area contributed by atoms with E-state index >= 15 is 0 Å². The Morgan fingerprint density at radius 2 is 2.15 bits per heavy atom. The van der Waals surface area contributed by atoms with E-state index in [0.717, 1.165) is 43.4 Å². The van der Waals surface area contributed by atoms with Gasteiger partial charge in [0.15, 0.2) is 0 Å². The van der Waals surface area contributed by atoms with Crippen LogP contribution in [0.5, 0.6) is 0 Å². The number of hydrogen-bond donors (Lipinski definition) is 1. The van der Waals surface area contributed by atoms with Gasteiger partial charge in [0.2, 0.25) is 5.91 Å². The van der Waals surface area contributed by atoms with Gasteiger partial charge in [0, 0.05) is 19.0 Å². The van der Waals surface area contributed by atoms with Crippen molar-refractivity contribution in [1.82, 2.24) is 4.98 Å². The van der Waals surface area contributed by atoms with Gasteiger partial charge in [-0.2, -0.15) is 0 Å². The van der Waals surface area contributed by atoms with Crippen LogP contribution in [-0.4, -0.2) is 24.0 Å². The van der Waals surface area contributed by atoms with Crippen LogP contribution < -0.4 is 10.2 Å². The van der Waals surface area contributed by atoms with Crippen molar-refractivity contribution in [3.8, 4) is 0 Å². The Kier molecular flexibility index (Phi) is 3.90. The molecule has 0 aromatic carbocycles. The first-order valence-corrected chi connectivity index (χ1v) is 7.74. The third kappa shape index (κ3) is 2.94.